The molecule has 0 aromatic rings. The van der Waals surface area contributed by atoms with E-state index in [1.165, 1.54) is 0 Å². The van der Waals surface area contributed by atoms with Gasteiger partial charge in [0.05, 0.1) is 5.75 Å². The van der Waals surface area contributed by atoms with Gasteiger partial charge < -0.3 is 5.32 Å². The minimum absolute atomic E-state index is 0.0892. The summed E-state index contributed by atoms with van der Waals surface area (Å²) in [6, 6.07) is 0. The molecule has 0 bridgehead atoms. The summed E-state index contributed by atoms with van der Waals surface area (Å²) < 4.78 is 22.4. The molecule has 0 aromatic carbocycles. The highest BCUT2D eigenvalue weighted by Gasteiger charge is 2.06. The van der Waals surface area contributed by atoms with Crippen LogP contribution in [0.5, 0.6) is 0 Å². The van der Waals surface area contributed by atoms with E-state index in [1.807, 2.05) is 13.8 Å². The lowest BCUT2D eigenvalue weighted by molar-refractivity contribution is 0.595. The topological polar surface area (TPSA) is 96.6 Å². The van der Waals surface area contributed by atoms with Gasteiger partial charge in [-0.3, -0.25) is 10.4 Å². The maximum absolute atomic E-state index is 11.2. The Morgan fingerprint density at radius 1 is 1.44 bits per heavy atom. The van der Waals surface area contributed by atoms with E-state index >= 15 is 0 Å². The second-order valence-corrected chi connectivity index (χ2v) is 6.36. The van der Waals surface area contributed by atoms with E-state index in [0.29, 0.717) is 25.0 Å². The molecule has 0 fully saturated rings. The number of hydrazine groups is 1. The maximum Gasteiger partial charge on any atom is 0.205 e. The van der Waals surface area contributed by atoms with Crippen LogP contribution in [0.2, 0.25) is 0 Å². The zero-order valence-corrected chi connectivity index (χ0v) is 11.0. The Balaban J connectivity index is 4.02. The van der Waals surface area contributed by atoms with Crippen LogP contribution in [0.4, 0.5) is 0 Å². The highest BCUT2D eigenvalue weighted by atomic mass is 32.2. The van der Waals surface area contributed by atoms with Crippen LogP contribution in [0.25, 0.3) is 0 Å². The van der Waals surface area contributed by atoms with Gasteiger partial charge in [-0.05, 0) is 5.92 Å². The summed E-state index contributed by atoms with van der Waals surface area (Å²) in [5, 5.41) is 2.85. The summed E-state index contributed by atoms with van der Waals surface area (Å²) in [7, 11) is -2.94. The van der Waals surface area contributed by atoms with Crippen molar-refractivity contribution in [2.45, 2.75) is 20.8 Å². The fraction of sp³-hybridized carbons (Fsp3) is 0.889. The highest BCUT2D eigenvalue weighted by molar-refractivity contribution is 7.91. The number of hydrogen-bond donors (Lipinski definition) is 3. The summed E-state index contributed by atoms with van der Waals surface area (Å²) in [5.41, 5.74) is 2.41. The number of nitrogens with two attached hydrogens (primary N) is 1. The molecule has 4 N–H and O–H groups in total. The first-order valence-corrected chi connectivity index (χ1v) is 7.18. The van der Waals surface area contributed by atoms with Crippen LogP contribution in [0.1, 0.15) is 20.8 Å². The lowest BCUT2D eigenvalue weighted by atomic mass is 10.2. The number of sulfone groups is 1. The molecule has 0 atom stereocenters. The summed E-state index contributed by atoms with van der Waals surface area (Å²) in [6.07, 6.45) is 0. The van der Waals surface area contributed by atoms with Crippen molar-refractivity contribution >= 4 is 15.8 Å². The molecular formula is C9H22N4O2S. The average Bonchev–Trinajstić information content (AvgIpc) is 2.22. The van der Waals surface area contributed by atoms with E-state index in [0.717, 1.165) is 0 Å². The van der Waals surface area contributed by atoms with E-state index in [-0.39, 0.29) is 11.5 Å². The van der Waals surface area contributed by atoms with E-state index in [9.17, 15) is 8.42 Å². The van der Waals surface area contributed by atoms with Crippen molar-refractivity contribution in [2.24, 2.45) is 16.8 Å². The molecule has 0 unspecified atom stereocenters. The first-order valence-electron chi connectivity index (χ1n) is 5.36. The van der Waals surface area contributed by atoms with Crippen LogP contribution >= 0.6 is 0 Å². The number of hydrogen-bond acceptors (Lipinski definition) is 4. The first-order chi connectivity index (χ1) is 7.41. The van der Waals surface area contributed by atoms with Crippen LogP contribution in [0.15, 0.2) is 4.99 Å². The van der Waals surface area contributed by atoms with Crippen molar-refractivity contribution in [3.63, 3.8) is 0 Å². The molecule has 16 heavy (non-hydrogen) atoms. The van der Waals surface area contributed by atoms with Crippen molar-refractivity contribution < 1.29 is 8.42 Å². The highest BCUT2D eigenvalue weighted by Crippen LogP contribution is 1.91. The molecule has 7 heteroatoms. The summed E-state index contributed by atoms with van der Waals surface area (Å²) in [6.45, 7) is 6.67. The van der Waals surface area contributed by atoms with E-state index < -0.39 is 9.84 Å². The summed E-state index contributed by atoms with van der Waals surface area (Å²) in [4.78, 5) is 4.16. The monoisotopic (exact) mass is 250 g/mol. The van der Waals surface area contributed by atoms with Crippen LogP contribution in [-0.4, -0.2) is 39.0 Å². The standard InChI is InChI=1S/C9H22N4O2S/c1-4-16(14,15)6-5-11-9(13-10)12-7-8(2)3/h8H,4-7,10H2,1-3H3,(H2,11,12,13). The molecule has 6 nitrogen and oxygen atoms in total. The third kappa shape index (κ3) is 7.47. The molecule has 0 spiro atoms. The Morgan fingerprint density at radius 2 is 2.06 bits per heavy atom. The minimum atomic E-state index is -2.94. The lowest BCUT2D eigenvalue weighted by Gasteiger charge is -2.09. The largest absolute Gasteiger partial charge is 0.354 e. The number of rotatable bonds is 6. The first kappa shape index (κ1) is 15.2. The van der Waals surface area contributed by atoms with Crippen LogP contribution < -0.4 is 16.6 Å². The van der Waals surface area contributed by atoms with Gasteiger partial charge in [-0.25, -0.2) is 14.3 Å². The lowest BCUT2D eigenvalue weighted by Crippen LogP contribution is -2.43. The zero-order valence-electron chi connectivity index (χ0n) is 10.2. The van der Waals surface area contributed by atoms with E-state index in [4.69, 9.17) is 5.84 Å². The fourth-order valence-corrected chi connectivity index (χ4v) is 1.60. The number of guanidine groups is 1. The van der Waals surface area contributed by atoms with Crippen LogP contribution in [0, 0.1) is 5.92 Å². The number of aliphatic imine (C=N–C) groups is 1. The SMILES string of the molecule is CCS(=O)(=O)CCNC(=NCC(C)C)NN. The van der Waals surface area contributed by atoms with Gasteiger partial charge in [0.1, 0.15) is 0 Å². The van der Waals surface area contributed by atoms with Gasteiger partial charge in [0.2, 0.25) is 5.96 Å². The minimum Gasteiger partial charge on any atom is -0.354 e. The zero-order chi connectivity index (χ0) is 12.6. The van der Waals surface area contributed by atoms with Gasteiger partial charge >= 0.3 is 0 Å². The van der Waals surface area contributed by atoms with Crippen molar-refractivity contribution in [3.05, 3.63) is 0 Å². The van der Waals surface area contributed by atoms with Crippen molar-refractivity contribution in [1.29, 1.82) is 0 Å². The van der Waals surface area contributed by atoms with Crippen molar-refractivity contribution in [1.82, 2.24) is 10.7 Å². The quantitative estimate of drug-likeness (QED) is 0.255. The predicted octanol–water partition coefficient (Wildman–Crippen LogP) is -0.514. The van der Waals surface area contributed by atoms with Gasteiger partial charge in [0.15, 0.2) is 9.84 Å². The predicted molar refractivity (Wildman–Crippen MR) is 66.8 cm³/mol. The van der Waals surface area contributed by atoms with Crippen molar-refractivity contribution in [3.8, 4) is 0 Å². The third-order valence-corrected chi connectivity index (χ3v) is 3.60. The Bertz CT molecular complexity index is 311. The Labute approximate surface area is 97.6 Å². The molecule has 0 radical (unpaired) electrons. The Hall–Kier alpha value is -0.820. The smallest absolute Gasteiger partial charge is 0.205 e. The van der Waals surface area contributed by atoms with Gasteiger partial charge in [-0.15, -0.1) is 0 Å². The molecule has 96 valence electrons. The molecule has 0 saturated carbocycles. The van der Waals surface area contributed by atoms with Gasteiger partial charge in [0.25, 0.3) is 0 Å². The molecule has 0 aliphatic rings. The maximum atomic E-state index is 11.2. The summed E-state index contributed by atoms with van der Waals surface area (Å²) in [5.74, 6) is 6.36. The van der Waals surface area contributed by atoms with E-state index in [2.05, 4.69) is 15.7 Å². The number of nitrogens with zero attached hydrogens (tertiary/aromatic N) is 1. The molecule has 0 aromatic heterocycles. The van der Waals surface area contributed by atoms with Gasteiger partial charge in [-0.2, -0.15) is 0 Å². The van der Waals surface area contributed by atoms with Gasteiger partial charge in [0, 0.05) is 18.8 Å². The average molecular weight is 250 g/mol. The normalized spacial score (nSPS) is 12.9. The van der Waals surface area contributed by atoms with Crippen LogP contribution in [0.3, 0.4) is 0 Å². The molecule has 0 saturated heterocycles. The molecule has 0 aliphatic carbocycles. The van der Waals surface area contributed by atoms with Crippen LogP contribution in [-0.2, 0) is 9.84 Å². The molecular weight excluding hydrogens is 228 g/mol. The third-order valence-electron chi connectivity index (χ3n) is 1.90. The molecule has 0 heterocycles. The molecule has 0 rings (SSSR count). The van der Waals surface area contributed by atoms with Crippen molar-refractivity contribution in [2.75, 3.05) is 24.6 Å². The Kier molecular flexibility index (Phi) is 7.07. The van der Waals surface area contributed by atoms with Gasteiger partial charge in [-0.1, -0.05) is 20.8 Å². The molecule has 0 amide bonds. The fourth-order valence-electron chi connectivity index (χ4n) is 0.896. The molecule has 0 aliphatic heterocycles. The second-order valence-electron chi connectivity index (χ2n) is 3.89. The van der Waals surface area contributed by atoms with E-state index in [1.54, 1.807) is 6.92 Å². The summed E-state index contributed by atoms with van der Waals surface area (Å²) >= 11 is 0. The Morgan fingerprint density at radius 3 is 2.50 bits per heavy atom. The number of nitrogens with one attached hydrogen (secondary N) is 2. The second kappa shape index (κ2) is 7.45.